The Morgan fingerprint density at radius 1 is 0.203 bits per heavy atom. The Morgan fingerprint density at radius 2 is 0.506 bits per heavy atom. The molecule has 0 fully saturated rings. The number of benzene rings is 12. The van der Waals surface area contributed by atoms with Gasteiger partial charge in [-0.3, -0.25) is 0 Å². The zero-order valence-corrected chi connectivity index (χ0v) is 45.6. The monoisotopic (exact) mass is 1010 g/mol. The van der Waals surface area contributed by atoms with Gasteiger partial charge in [0, 0.05) is 50.4 Å². The van der Waals surface area contributed by atoms with E-state index >= 15 is 0 Å². The van der Waals surface area contributed by atoms with E-state index in [2.05, 4.69) is 306 Å². The van der Waals surface area contributed by atoms with Crippen molar-refractivity contribution in [2.75, 3.05) is 9.80 Å². The summed E-state index contributed by atoms with van der Waals surface area (Å²) in [6, 6.07) is 95.7. The van der Waals surface area contributed by atoms with Crippen molar-refractivity contribution in [1.29, 1.82) is 0 Å². The zero-order valence-electron chi connectivity index (χ0n) is 45.6. The molecule has 12 aromatic rings. The molecule has 0 N–H and O–H groups in total. The minimum Gasteiger partial charge on any atom is -0.310 e. The summed E-state index contributed by atoms with van der Waals surface area (Å²) in [6.07, 6.45) is 0. The van der Waals surface area contributed by atoms with Gasteiger partial charge in [-0.25, -0.2) is 0 Å². The van der Waals surface area contributed by atoms with Gasteiger partial charge in [0.1, 0.15) is 0 Å². The number of fused-ring (bicyclic) bond motifs is 11. The van der Waals surface area contributed by atoms with Gasteiger partial charge in [-0.15, -0.1) is 0 Å². The molecule has 0 heterocycles. The van der Waals surface area contributed by atoms with Gasteiger partial charge in [-0.2, -0.15) is 0 Å². The summed E-state index contributed by atoms with van der Waals surface area (Å²) < 4.78 is 0. The molecular formula is C77H60N2. The average Bonchev–Trinajstić information content (AvgIpc) is 4.20. The lowest BCUT2D eigenvalue weighted by Crippen LogP contribution is -2.16. The molecule has 0 radical (unpaired) electrons. The molecule has 0 spiro atoms. The molecule has 3 aliphatic rings. The minimum atomic E-state index is -0.232. The van der Waals surface area contributed by atoms with E-state index in [1.54, 1.807) is 0 Å². The molecule has 3 aliphatic carbocycles. The lowest BCUT2D eigenvalue weighted by molar-refractivity contribution is 0.660. The summed E-state index contributed by atoms with van der Waals surface area (Å²) in [5, 5.41) is 4.91. The number of rotatable bonds is 8. The fraction of sp³-hybridized carbons (Fsp3) is 0.117. The predicted molar refractivity (Wildman–Crippen MR) is 334 cm³/mol. The lowest BCUT2D eigenvalue weighted by atomic mass is 9.81. The second kappa shape index (κ2) is 17.4. The van der Waals surface area contributed by atoms with Crippen molar-refractivity contribution in [2.24, 2.45) is 0 Å². The van der Waals surface area contributed by atoms with Crippen LogP contribution < -0.4 is 9.80 Å². The van der Waals surface area contributed by atoms with E-state index in [-0.39, 0.29) is 16.2 Å². The number of anilines is 6. The van der Waals surface area contributed by atoms with Gasteiger partial charge in [-0.1, -0.05) is 211 Å². The van der Waals surface area contributed by atoms with Gasteiger partial charge < -0.3 is 9.80 Å². The molecule has 0 unspecified atom stereocenters. The van der Waals surface area contributed by atoms with E-state index in [1.807, 2.05) is 0 Å². The summed E-state index contributed by atoms with van der Waals surface area (Å²) in [6.45, 7) is 14.3. The van der Waals surface area contributed by atoms with E-state index in [0.717, 1.165) is 34.1 Å². The topological polar surface area (TPSA) is 6.48 Å². The Hall–Kier alpha value is -9.24. The quantitative estimate of drug-likeness (QED) is 0.150. The van der Waals surface area contributed by atoms with E-state index in [4.69, 9.17) is 0 Å². The highest BCUT2D eigenvalue weighted by atomic mass is 15.1. The summed E-state index contributed by atoms with van der Waals surface area (Å²) >= 11 is 0. The van der Waals surface area contributed by atoms with Crippen molar-refractivity contribution in [3.05, 3.63) is 288 Å². The first kappa shape index (κ1) is 47.0. The molecule has 378 valence electrons. The second-order valence-electron chi connectivity index (χ2n) is 23.8. The molecule has 2 heteroatoms. The van der Waals surface area contributed by atoms with Crippen LogP contribution in [0.3, 0.4) is 0 Å². The van der Waals surface area contributed by atoms with Crippen LogP contribution in [0.5, 0.6) is 0 Å². The molecule has 0 amide bonds. The first-order chi connectivity index (χ1) is 38.4. The average molecular weight is 1010 g/mol. The maximum absolute atomic E-state index is 2.46. The maximum Gasteiger partial charge on any atom is 0.0468 e. The fourth-order valence-corrected chi connectivity index (χ4v) is 13.9. The first-order valence-electron chi connectivity index (χ1n) is 28.0. The second-order valence-corrected chi connectivity index (χ2v) is 23.8. The van der Waals surface area contributed by atoms with Crippen LogP contribution in [0.15, 0.2) is 255 Å². The number of nitrogens with zero attached hydrogens (tertiary/aromatic N) is 2. The standard InChI is InChI=1S/C77H60N2/c1-75(2)69-27-13-11-25-63(69)67-39-35-61(47-73(67)75)78(59-33-29-49-17-7-9-19-51(49)41-59)57-23-15-21-53(43-57)55-31-37-65-66-38-32-56(46-72(66)77(5,6)71(65)45-55)54-22-16-24-58(44-54)79(60-34-30-50-18-8-10-20-52(50)42-60)62-36-40-68-64-26-12-14-28-70(64)76(3,4)74(68)48-62/h7-48H,1-6H3. The highest BCUT2D eigenvalue weighted by molar-refractivity contribution is 5.94. The number of hydrogen-bond donors (Lipinski definition) is 0. The Balaban J connectivity index is 0.785. The van der Waals surface area contributed by atoms with E-state index in [9.17, 15) is 0 Å². The molecule has 0 saturated carbocycles. The number of hydrogen-bond acceptors (Lipinski definition) is 2. The Kier molecular flexibility index (Phi) is 10.3. The Morgan fingerprint density at radius 3 is 0.949 bits per heavy atom. The van der Waals surface area contributed by atoms with Crippen LogP contribution in [0.1, 0.15) is 74.9 Å². The molecule has 12 aromatic carbocycles. The van der Waals surface area contributed by atoms with Gasteiger partial charge in [0.15, 0.2) is 0 Å². The third-order valence-corrected chi connectivity index (χ3v) is 18.2. The van der Waals surface area contributed by atoms with Crippen LogP contribution in [0, 0.1) is 0 Å². The third kappa shape index (κ3) is 7.31. The molecular weight excluding hydrogens is 953 g/mol. The van der Waals surface area contributed by atoms with Crippen molar-refractivity contribution >= 4 is 55.7 Å². The van der Waals surface area contributed by atoms with Gasteiger partial charge in [-0.05, 0) is 195 Å². The van der Waals surface area contributed by atoms with Crippen LogP contribution in [0.4, 0.5) is 34.1 Å². The Bertz CT molecular complexity index is 4210. The van der Waals surface area contributed by atoms with Gasteiger partial charge >= 0.3 is 0 Å². The van der Waals surface area contributed by atoms with E-state index < -0.39 is 0 Å². The van der Waals surface area contributed by atoms with Crippen molar-refractivity contribution in [2.45, 2.75) is 57.8 Å². The van der Waals surface area contributed by atoms with Crippen molar-refractivity contribution in [1.82, 2.24) is 0 Å². The van der Waals surface area contributed by atoms with Crippen molar-refractivity contribution in [3.63, 3.8) is 0 Å². The van der Waals surface area contributed by atoms with Crippen LogP contribution in [0.25, 0.3) is 77.2 Å². The highest BCUT2D eigenvalue weighted by Crippen LogP contribution is 2.54. The summed E-state index contributed by atoms with van der Waals surface area (Å²) in [5.74, 6) is 0. The summed E-state index contributed by atoms with van der Waals surface area (Å²) in [7, 11) is 0. The molecule has 0 aliphatic heterocycles. The molecule has 0 aromatic heterocycles. The zero-order chi connectivity index (χ0) is 53.4. The van der Waals surface area contributed by atoms with Gasteiger partial charge in [0.25, 0.3) is 0 Å². The normalized spacial score (nSPS) is 14.5. The molecule has 0 bridgehead atoms. The molecule has 79 heavy (non-hydrogen) atoms. The molecule has 2 nitrogen and oxygen atoms in total. The van der Waals surface area contributed by atoms with E-state index in [0.29, 0.717) is 0 Å². The van der Waals surface area contributed by atoms with Crippen LogP contribution in [0.2, 0.25) is 0 Å². The maximum atomic E-state index is 2.46. The van der Waals surface area contributed by atoms with Crippen LogP contribution in [-0.2, 0) is 16.2 Å². The van der Waals surface area contributed by atoms with Crippen molar-refractivity contribution < 1.29 is 0 Å². The SMILES string of the molecule is CC1(C)c2cc(-c3cccc(N(c4ccc5c(c4)C(C)(C)c4ccccc4-5)c4ccc5ccccc5c4)c3)ccc2-c2ccc(-c3cccc(N(c4ccc5c(c4)C(C)(C)c4ccccc4-5)c4ccc5ccccc5c4)c3)cc21. The Labute approximate surface area is 464 Å². The lowest BCUT2D eigenvalue weighted by Gasteiger charge is -2.29. The fourth-order valence-electron chi connectivity index (χ4n) is 13.9. The third-order valence-electron chi connectivity index (χ3n) is 18.2. The van der Waals surface area contributed by atoms with Gasteiger partial charge in [0.2, 0.25) is 0 Å². The summed E-state index contributed by atoms with van der Waals surface area (Å²) in [5.41, 5.74) is 27.3. The van der Waals surface area contributed by atoms with Crippen LogP contribution >= 0.6 is 0 Å². The highest BCUT2D eigenvalue weighted by Gasteiger charge is 2.39. The molecule has 0 saturated heterocycles. The largest absolute Gasteiger partial charge is 0.310 e. The van der Waals surface area contributed by atoms with E-state index in [1.165, 1.54) is 111 Å². The predicted octanol–water partition coefficient (Wildman–Crippen LogP) is 21.2. The smallest absolute Gasteiger partial charge is 0.0468 e. The molecule has 15 rings (SSSR count). The van der Waals surface area contributed by atoms with Crippen molar-refractivity contribution in [3.8, 4) is 55.6 Å². The first-order valence-corrected chi connectivity index (χ1v) is 28.0. The molecule has 0 atom stereocenters. The minimum absolute atomic E-state index is 0.118. The summed E-state index contributed by atoms with van der Waals surface area (Å²) in [4.78, 5) is 4.90. The van der Waals surface area contributed by atoms with Crippen LogP contribution in [-0.4, -0.2) is 0 Å². The van der Waals surface area contributed by atoms with Gasteiger partial charge in [0.05, 0.1) is 0 Å².